The molecular formula is C23H22ClN5O2S2. The molecule has 1 saturated heterocycles. The Morgan fingerprint density at radius 1 is 1.27 bits per heavy atom. The van der Waals surface area contributed by atoms with Crippen molar-refractivity contribution < 1.29 is 9.59 Å². The number of halogens is 1. The van der Waals surface area contributed by atoms with Gasteiger partial charge in [-0.05, 0) is 38.8 Å². The zero-order valence-electron chi connectivity index (χ0n) is 18.2. The van der Waals surface area contributed by atoms with Gasteiger partial charge in [0.05, 0.1) is 16.4 Å². The Morgan fingerprint density at radius 3 is 2.94 bits per heavy atom. The van der Waals surface area contributed by atoms with Crippen molar-refractivity contribution in [3.05, 3.63) is 62.1 Å². The van der Waals surface area contributed by atoms with Crippen LogP contribution in [0, 0.1) is 13.8 Å². The van der Waals surface area contributed by atoms with Crippen LogP contribution in [-0.2, 0) is 0 Å². The van der Waals surface area contributed by atoms with E-state index in [-0.39, 0.29) is 17.9 Å². The molecule has 1 fully saturated rings. The second kappa shape index (κ2) is 8.89. The summed E-state index contributed by atoms with van der Waals surface area (Å²) in [5.74, 6) is -0.223. The van der Waals surface area contributed by atoms with Crippen LogP contribution in [0.25, 0.3) is 16.2 Å². The van der Waals surface area contributed by atoms with Gasteiger partial charge in [-0.25, -0.2) is 9.97 Å². The minimum absolute atomic E-state index is 0.0481. The van der Waals surface area contributed by atoms with Crippen LogP contribution in [0.5, 0.6) is 0 Å². The Hall–Kier alpha value is -2.75. The highest BCUT2D eigenvalue weighted by Gasteiger charge is 2.33. The Balaban J connectivity index is 1.34. The van der Waals surface area contributed by atoms with Gasteiger partial charge in [0.15, 0.2) is 4.96 Å². The molecule has 0 saturated carbocycles. The van der Waals surface area contributed by atoms with Crippen LogP contribution in [0.2, 0.25) is 5.02 Å². The van der Waals surface area contributed by atoms with Crippen LogP contribution in [-0.4, -0.2) is 50.2 Å². The smallest absolute Gasteiger partial charge is 0.270 e. The third kappa shape index (κ3) is 4.16. The second-order valence-electron chi connectivity index (χ2n) is 8.03. The first-order valence-electron chi connectivity index (χ1n) is 10.7. The third-order valence-corrected chi connectivity index (χ3v) is 7.76. The van der Waals surface area contributed by atoms with Gasteiger partial charge in [0.2, 0.25) is 0 Å². The third-order valence-electron chi connectivity index (χ3n) is 5.81. The molecule has 7 nitrogen and oxygen atoms in total. The monoisotopic (exact) mass is 499 g/mol. The summed E-state index contributed by atoms with van der Waals surface area (Å²) in [4.78, 5) is 38.8. The standard InChI is InChI=1S/C23H22ClN5O2S2/c1-13-19(29-9-10-32-23(29)26-13)21(30)25-12-17-7-4-8-28(17)22(31)20-18(27-14(2)33-20)15-5-3-6-16(24)11-15/h3,5-6,9-11,17H,4,7-8,12H2,1-2H3,(H,25,30)/t17-/m0/s1. The minimum Gasteiger partial charge on any atom is -0.349 e. The largest absolute Gasteiger partial charge is 0.349 e. The van der Waals surface area contributed by atoms with Crippen molar-refractivity contribution in [3.63, 3.8) is 0 Å². The first kappa shape index (κ1) is 22.1. The van der Waals surface area contributed by atoms with Crippen molar-refractivity contribution in [2.45, 2.75) is 32.7 Å². The summed E-state index contributed by atoms with van der Waals surface area (Å²) in [6.45, 7) is 4.79. The Morgan fingerprint density at radius 2 is 2.12 bits per heavy atom. The molecule has 0 spiro atoms. The van der Waals surface area contributed by atoms with Crippen LogP contribution >= 0.6 is 34.3 Å². The average Bonchev–Trinajstić information content (AvgIpc) is 3.55. The lowest BCUT2D eigenvalue weighted by atomic mass is 10.1. The molecule has 5 rings (SSSR count). The van der Waals surface area contributed by atoms with E-state index >= 15 is 0 Å². The fourth-order valence-electron chi connectivity index (χ4n) is 4.31. The number of fused-ring (bicyclic) bond motifs is 1. The highest BCUT2D eigenvalue weighted by molar-refractivity contribution is 7.15. The lowest BCUT2D eigenvalue weighted by molar-refractivity contribution is 0.0729. The van der Waals surface area contributed by atoms with Gasteiger partial charge in [-0.3, -0.25) is 14.0 Å². The van der Waals surface area contributed by atoms with E-state index in [1.807, 2.05) is 52.9 Å². The molecule has 1 atom stereocenters. The number of nitrogens with one attached hydrogen (secondary N) is 1. The number of amides is 2. The van der Waals surface area contributed by atoms with Crippen LogP contribution < -0.4 is 5.32 Å². The van der Waals surface area contributed by atoms with E-state index in [1.54, 1.807) is 6.07 Å². The molecule has 1 aliphatic heterocycles. The fraction of sp³-hybridized carbons (Fsp3) is 0.304. The molecule has 2 amide bonds. The lowest BCUT2D eigenvalue weighted by Gasteiger charge is -2.25. The predicted octanol–water partition coefficient (Wildman–Crippen LogP) is 4.82. The van der Waals surface area contributed by atoms with Gasteiger partial charge >= 0.3 is 0 Å². The van der Waals surface area contributed by atoms with Crippen molar-refractivity contribution in [1.82, 2.24) is 24.6 Å². The first-order valence-corrected chi connectivity index (χ1v) is 12.7. The Kier molecular flexibility index (Phi) is 5.94. The maximum Gasteiger partial charge on any atom is 0.270 e. The molecule has 10 heteroatoms. The van der Waals surface area contributed by atoms with E-state index in [0.717, 1.165) is 28.4 Å². The van der Waals surface area contributed by atoms with Gasteiger partial charge in [0.1, 0.15) is 10.6 Å². The number of hydrogen-bond donors (Lipinski definition) is 1. The number of rotatable bonds is 5. The molecule has 1 N–H and O–H groups in total. The first-order chi connectivity index (χ1) is 15.9. The molecule has 3 aromatic heterocycles. The van der Waals surface area contributed by atoms with Gasteiger partial charge < -0.3 is 10.2 Å². The summed E-state index contributed by atoms with van der Waals surface area (Å²) in [7, 11) is 0. The molecule has 0 aliphatic carbocycles. The summed E-state index contributed by atoms with van der Waals surface area (Å²) < 4.78 is 1.81. The van der Waals surface area contributed by atoms with Crippen molar-refractivity contribution in [2.75, 3.05) is 13.1 Å². The van der Waals surface area contributed by atoms with E-state index in [9.17, 15) is 9.59 Å². The number of carbonyl (C=O) groups is 2. The van der Waals surface area contributed by atoms with Crippen molar-refractivity contribution >= 4 is 51.0 Å². The van der Waals surface area contributed by atoms with E-state index in [2.05, 4.69) is 15.3 Å². The topological polar surface area (TPSA) is 79.6 Å². The lowest BCUT2D eigenvalue weighted by Crippen LogP contribution is -2.43. The summed E-state index contributed by atoms with van der Waals surface area (Å²) in [5, 5.41) is 6.37. The zero-order valence-corrected chi connectivity index (χ0v) is 20.6. The molecule has 33 heavy (non-hydrogen) atoms. The maximum atomic E-state index is 13.6. The molecule has 4 aromatic rings. The molecule has 170 valence electrons. The number of imidazole rings is 1. The molecule has 0 radical (unpaired) electrons. The summed E-state index contributed by atoms with van der Waals surface area (Å²) >= 11 is 9.06. The molecule has 0 unspecified atom stereocenters. The molecular weight excluding hydrogens is 478 g/mol. The number of aryl methyl sites for hydroxylation is 2. The van der Waals surface area contributed by atoms with Crippen LogP contribution in [0.1, 0.15) is 43.7 Å². The predicted molar refractivity (Wildman–Crippen MR) is 131 cm³/mol. The Labute approximate surface area is 204 Å². The normalized spacial score (nSPS) is 16.0. The van der Waals surface area contributed by atoms with Crippen LogP contribution in [0.15, 0.2) is 35.8 Å². The quantitative estimate of drug-likeness (QED) is 0.426. The SMILES string of the molecule is Cc1nc(-c2cccc(Cl)c2)c(C(=O)N2CCC[C@H]2CNC(=O)c2c(C)nc3sccn23)s1. The van der Waals surface area contributed by atoms with Gasteiger partial charge in [-0.2, -0.15) is 0 Å². The van der Waals surface area contributed by atoms with Crippen LogP contribution in [0.4, 0.5) is 0 Å². The Bertz CT molecular complexity index is 1360. The van der Waals surface area contributed by atoms with E-state index in [0.29, 0.717) is 40.1 Å². The van der Waals surface area contributed by atoms with Crippen molar-refractivity contribution in [1.29, 1.82) is 0 Å². The van der Waals surface area contributed by atoms with Crippen molar-refractivity contribution in [3.8, 4) is 11.3 Å². The number of likely N-dealkylation sites (tertiary alicyclic amines) is 1. The average molecular weight is 500 g/mol. The van der Waals surface area contributed by atoms with Crippen LogP contribution in [0.3, 0.4) is 0 Å². The van der Waals surface area contributed by atoms with E-state index < -0.39 is 0 Å². The number of aromatic nitrogens is 3. The molecule has 1 aromatic carbocycles. The zero-order chi connectivity index (χ0) is 23.1. The summed E-state index contributed by atoms with van der Waals surface area (Å²) in [6, 6.07) is 7.34. The fourth-order valence-corrected chi connectivity index (χ4v) is 6.16. The second-order valence-corrected chi connectivity index (χ2v) is 10.5. The number of carbonyl (C=O) groups excluding carboxylic acids is 2. The van der Waals surface area contributed by atoms with E-state index in [4.69, 9.17) is 11.6 Å². The van der Waals surface area contributed by atoms with Gasteiger partial charge in [-0.1, -0.05) is 23.7 Å². The van der Waals surface area contributed by atoms with E-state index in [1.165, 1.54) is 22.7 Å². The molecule has 0 bridgehead atoms. The molecule has 4 heterocycles. The number of nitrogens with zero attached hydrogens (tertiary/aromatic N) is 4. The number of hydrogen-bond acceptors (Lipinski definition) is 6. The number of benzene rings is 1. The summed E-state index contributed by atoms with van der Waals surface area (Å²) in [6.07, 6.45) is 3.59. The highest BCUT2D eigenvalue weighted by atomic mass is 35.5. The van der Waals surface area contributed by atoms with Crippen molar-refractivity contribution in [2.24, 2.45) is 0 Å². The highest BCUT2D eigenvalue weighted by Crippen LogP contribution is 2.32. The number of thiazole rings is 2. The van der Waals surface area contributed by atoms with Gasteiger partial charge in [0.25, 0.3) is 11.8 Å². The minimum atomic E-state index is -0.175. The van der Waals surface area contributed by atoms with Gasteiger partial charge in [-0.15, -0.1) is 22.7 Å². The van der Waals surface area contributed by atoms with Gasteiger partial charge in [0, 0.05) is 41.3 Å². The maximum absolute atomic E-state index is 13.6. The molecule has 1 aliphatic rings. The summed E-state index contributed by atoms with van der Waals surface area (Å²) in [5.41, 5.74) is 2.73.